The lowest BCUT2D eigenvalue weighted by atomic mass is 10.1. The summed E-state index contributed by atoms with van der Waals surface area (Å²) in [4.78, 5) is 32.0. The molecule has 0 aliphatic heterocycles. The minimum Gasteiger partial charge on any atom is -0.396 e. The fourth-order valence-corrected chi connectivity index (χ4v) is 2.71. The average Bonchev–Trinajstić information content (AvgIpc) is 2.64. The summed E-state index contributed by atoms with van der Waals surface area (Å²) >= 11 is 0. The summed E-state index contributed by atoms with van der Waals surface area (Å²) in [7, 11) is 0. The molecular formula is C20H38O6. The average molecular weight is 375 g/mol. The van der Waals surface area contributed by atoms with Crippen LogP contribution >= 0.6 is 0 Å². The third-order valence-electron chi connectivity index (χ3n) is 4.31. The summed E-state index contributed by atoms with van der Waals surface area (Å²) in [5, 5.41) is 17.3. The number of rotatable bonds is 18. The number of carbonyl (C=O) groups excluding carboxylic acids is 2. The molecule has 0 heterocycles. The predicted octanol–water partition coefficient (Wildman–Crippen LogP) is 4.21. The van der Waals surface area contributed by atoms with E-state index in [9.17, 15) is 9.59 Å². The largest absolute Gasteiger partial charge is 0.396 e. The van der Waals surface area contributed by atoms with E-state index in [4.69, 9.17) is 10.2 Å². The van der Waals surface area contributed by atoms with Crippen molar-refractivity contribution in [3.8, 4) is 0 Å². The van der Waals surface area contributed by atoms with Crippen molar-refractivity contribution in [2.45, 2.75) is 103 Å². The molecule has 0 aromatic heterocycles. The van der Waals surface area contributed by atoms with Crippen LogP contribution in [0.4, 0.5) is 0 Å². The zero-order chi connectivity index (χ0) is 19.3. The molecule has 0 saturated heterocycles. The number of carbonyl (C=O) groups is 2. The number of hydrogen-bond acceptors (Lipinski definition) is 6. The highest BCUT2D eigenvalue weighted by Crippen LogP contribution is 2.10. The van der Waals surface area contributed by atoms with Gasteiger partial charge in [0.25, 0.3) is 0 Å². The molecule has 0 aliphatic rings. The first-order valence-electron chi connectivity index (χ1n) is 10.3. The normalized spacial score (nSPS) is 10.7. The third-order valence-corrected chi connectivity index (χ3v) is 4.31. The Hall–Kier alpha value is -1.14. The Morgan fingerprint density at radius 1 is 0.462 bits per heavy atom. The van der Waals surface area contributed by atoms with Gasteiger partial charge in [-0.15, -0.1) is 0 Å². The second kappa shape index (κ2) is 20.2. The number of aliphatic hydroxyl groups excluding tert-OH is 2. The maximum Gasteiger partial charge on any atom is 0.355 e. The first kappa shape index (κ1) is 24.9. The van der Waals surface area contributed by atoms with Crippen LogP contribution in [0.25, 0.3) is 0 Å². The molecule has 0 saturated carbocycles. The second-order valence-corrected chi connectivity index (χ2v) is 6.81. The number of unbranched alkanes of at least 4 members (excludes halogenated alkanes) is 12. The van der Waals surface area contributed by atoms with E-state index >= 15 is 0 Å². The topological polar surface area (TPSA) is 93.1 Å². The standard InChI is InChI=1S/C20H38O6/c21-17-13-9-5-1-3-7-11-15-19(23)25-26-20(24)16-12-8-4-2-6-10-14-18-22/h21-22H,1-18H2. The molecule has 154 valence electrons. The molecule has 0 bridgehead atoms. The quantitative estimate of drug-likeness (QED) is 0.212. The lowest BCUT2D eigenvalue weighted by Gasteiger charge is -2.04. The Balaban J connectivity index is 3.33. The summed E-state index contributed by atoms with van der Waals surface area (Å²) < 4.78 is 0. The van der Waals surface area contributed by atoms with E-state index in [0.29, 0.717) is 0 Å². The van der Waals surface area contributed by atoms with Crippen molar-refractivity contribution in [2.75, 3.05) is 13.2 Å². The van der Waals surface area contributed by atoms with Crippen molar-refractivity contribution in [3.05, 3.63) is 0 Å². The molecule has 0 aromatic rings. The zero-order valence-corrected chi connectivity index (χ0v) is 16.3. The van der Waals surface area contributed by atoms with E-state index in [0.717, 1.165) is 89.9 Å². The van der Waals surface area contributed by atoms with E-state index in [1.54, 1.807) is 0 Å². The Morgan fingerprint density at radius 3 is 1.04 bits per heavy atom. The van der Waals surface area contributed by atoms with Gasteiger partial charge >= 0.3 is 11.9 Å². The van der Waals surface area contributed by atoms with Crippen LogP contribution in [-0.2, 0) is 19.4 Å². The van der Waals surface area contributed by atoms with Crippen molar-refractivity contribution in [1.29, 1.82) is 0 Å². The molecule has 0 aliphatic carbocycles. The molecule has 2 N–H and O–H groups in total. The van der Waals surface area contributed by atoms with Crippen LogP contribution in [0, 0.1) is 0 Å². The molecule has 0 unspecified atom stereocenters. The monoisotopic (exact) mass is 374 g/mol. The first-order chi connectivity index (χ1) is 12.7. The molecule has 0 aromatic carbocycles. The van der Waals surface area contributed by atoms with Gasteiger partial charge < -0.3 is 10.2 Å². The molecule has 6 heteroatoms. The fourth-order valence-electron chi connectivity index (χ4n) is 2.71. The molecular weight excluding hydrogens is 336 g/mol. The van der Waals surface area contributed by atoms with Crippen molar-refractivity contribution in [2.24, 2.45) is 0 Å². The van der Waals surface area contributed by atoms with Gasteiger partial charge in [-0.1, -0.05) is 64.2 Å². The number of hydrogen-bond donors (Lipinski definition) is 2. The summed E-state index contributed by atoms with van der Waals surface area (Å²) in [5.74, 6) is -0.968. The molecule has 0 amide bonds. The summed E-state index contributed by atoms with van der Waals surface area (Å²) in [5.41, 5.74) is 0. The van der Waals surface area contributed by atoms with E-state index in [2.05, 4.69) is 9.78 Å². The third kappa shape index (κ3) is 19.2. The van der Waals surface area contributed by atoms with Gasteiger partial charge in [-0.25, -0.2) is 19.4 Å². The van der Waals surface area contributed by atoms with Crippen molar-refractivity contribution < 1.29 is 29.6 Å². The highest BCUT2D eigenvalue weighted by molar-refractivity contribution is 5.72. The van der Waals surface area contributed by atoms with E-state index < -0.39 is 11.9 Å². The fraction of sp³-hybridized carbons (Fsp3) is 0.900. The molecule has 0 spiro atoms. The van der Waals surface area contributed by atoms with Gasteiger partial charge in [0.2, 0.25) is 0 Å². The van der Waals surface area contributed by atoms with Crippen LogP contribution in [0.15, 0.2) is 0 Å². The summed E-state index contributed by atoms with van der Waals surface area (Å²) in [6, 6.07) is 0. The first-order valence-corrected chi connectivity index (χ1v) is 10.3. The summed E-state index contributed by atoms with van der Waals surface area (Å²) in [6.07, 6.45) is 14.4. The molecule has 0 radical (unpaired) electrons. The minimum atomic E-state index is -0.484. The molecule has 6 nitrogen and oxygen atoms in total. The highest BCUT2D eigenvalue weighted by Gasteiger charge is 2.09. The van der Waals surface area contributed by atoms with Crippen LogP contribution in [0.5, 0.6) is 0 Å². The van der Waals surface area contributed by atoms with E-state index in [1.165, 1.54) is 0 Å². The Morgan fingerprint density at radius 2 is 0.731 bits per heavy atom. The predicted molar refractivity (Wildman–Crippen MR) is 100 cm³/mol. The molecule has 26 heavy (non-hydrogen) atoms. The minimum absolute atomic E-state index is 0.260. The van der Waals surface area contributed by atoms with Crippen molar-refractivity contribution >= 4 is 11.9 Å². The zero-order valence-electron chi connectivity index (χ0n) is 16.3. The SMILES string of the molecule is O=C(CCCCCCCCCO)OOC(=O)CCCCCCCCCO. The van der Waals surface area contributed by atoms with E-state index in [-0.39, 0.29) is 26.1 Å². The highest BCUT2D eigenvalue weighted by atomic mass is 17.2. The molecule has 0 rings (SSSR count). The van der Waals surface area contributed by atoms with Crippen molar-refractivity contribution in [1.82, 2.24) is 0 Å². The Bertz CT molecular complexity index is 300. The van der Waals surface area contributed by atoms with Gasteiger partial charge in [0.15, 0.2) is 0 Å². The second-order valence-electron chi connectivity index (χ2n) is 6.81. The van der Waals surface area contributed by atoms with Crippen LogP contribution in [0.2, 0.25) is 0 Å². The van der Waals surface area contributed by atoms with Crippen LogP contribution in [0.1, 0.15) is 103 Å². The van der Waals surface area contributed by atoms with Crippen LogP contribution < -0.4 is 0 Å². The molecule has 0 fully saturated rings. The summed E-state index contributed by atoms with van der Waals surface area (Å²) in [6.45, 7) is 0.520. The molecule has 0 atom stereocenters. The van der Waals surface area contributed by atoms with E-state index in [1.807, 2.05) is 0 Å². The maximum absolute atomic E-state index is 11.5. The maximum atomic E-state index is 11.5. The Kier molecular flexibility index (Phi) is 19.3. The van der Waals surface area contributed by atoms with Crippen LogP contribution in [0.3, 0.4) is 0 Å². The van der Waals surface area contributed by atoms with Crippen LogP contribution in [-0.4, -0.2) is 35.4 Å². The smallest absolute Gasteiger partial charge is 0.355 e. The van der Waals surface area contributed by atoms with Gasteiger partial charge in [-0.3, -0.25) is 0 Å². The number of aliphatic hydroxyl groups is 2. The Labute approximate surface area is 158 Å². The lowest BCUT2D eigenvalue weighted by Crippen LogP contribution is -2.11. The van der Waals surface area contributed by atoms with Gasteiger partial charge in [-0.05, 0) is 25.7 Å². The lowest BCUT2D eigenvalue weighted by molar-refractivity contribution is -0.259. The van der Waals surface area contributed by atoms with Gasteiger partial charge in [-0.2, -0.15) is 0 Å². The van der Waals surface area contributed by atoms with Gasteiger partial charge in [0.1, 0.15) is 0 Å². The van der Waals surface area contributed by atoms with Gasteiger partial charge in [0, 0.05) is 13.2 Å². The van der Waals surface area contributed by atoms with Crippen molar-refractivity contribution in [3.63, 3.8) is 0 Å². The van der Waals surface area contributed by atoms with Gasteiger partial charge in [0.05, 0.1) is 12.8 Å².